The number of hydrogen-bond acceptors (Lipinski definition) is 6. The first-order chi connectivity index (χ1) is 13.0. The molecule has 1 aromatic heterocycles. The van der Waals surface area contributed by atoms with E-state index in [-0.39, 0.29) is 0 Å². The lowest BCUT2D eigenvalue weighted by Crippen LogP contribution is -2.23. The van der Waals surface area contributed by atoms with Crippen LogP contribution in [-0.4, -0.2) is 18.1 Å². The standard InChI is InChI=1S/C19H17Cl2N5S/c1-3-26(8-4-7-22)14-5-6-16(12(2)9-14)24-25-19-23-17-11-13(20)10-15(21)18(17)27-19/h5-6,9-11H,3-4,8H2,1-2H3. The molecule has 1 heterocycles. The molecule has 0 aliphatic carbocycles. The molecule has 0 amide bonds. The number of hydrogen-bond donors (Lipinski definition) is 0. The van der Waals surface area contributed by atoms with Crippen LogP contribution in [0, 0.1) is 18.3 Å². The molecular formula is C19H17Cl2N5S. The van der Waals surface area contributed by atoms with Crippen molar-refractivity contribution in [1.29, 1.82) is 5.26 Å². The number of halogens is 2. The number of fused-ring (bicyclic) bond motifs is 1. The lowest BCUT2D eigenvalue weighted by molar-refractivity contribution is 0.826. The smallest absolute Gasteiger partial charge is 0.231 e. The predicted octanol–water partition coefficient (Wildman–Crippen LogP) is 7.07. The predicted molar refractivity (Wildman–Crippen MR) is 113 cm³/mol. The largest absolute Gasteiger partial charge is 0.371 e. The number of rotatable bonds is 6. The molecule has 0 saturated heterocycles. The summed E-state index contributed by atoms with van der Waals surface area (Å²) in [6.45, 7) is 5.62. The maximum Gasteiger partial charge on any atom is 0.231 e. The first-order valence-corrected chi connectivity index (χ1v) is 9.99. The summed E-state index contributed by atoms with van der Waals surface area (Å²) in [4.78, 5) is 6.59. The monoisotopic (exact) mass is 417 g/mol. The van der Waals surface area contributed by atoms with Crippen molar-refractivity contribution in [3.8, 4) is 6.07 Å². The Labute approximate surface area is 171 Å². The van der Waals surface area contributed by atoms with Crippen LogP contribution in [0.15, 0.2) is 40.6 Å². The van der Waals surface area contributed by atoms with Gasteiger partial charge in [0.05, 0.1) is 33.4 Å². The fourth-order valence-corrected chi connectivity index (χ4v) is 4.06. The van der Waals surface area contributed by atoms with E-state index in [1.807, 2.05) is 19.1 Å². The second kappa shape index (κ2) is 8.66. The van der Waals surface area contributed by atoms with E-state index in [0.29, 0.717) is 28.1 Å². The third-order valence-corrected chi connectivity index (χ3v) is 5.68. The van der Waals surface area contributed by atoms with Gasteiger partial charge in [-0.3, -0.25) is 0 Å². The molecule has 138 valence electrons. The number of aromatic nitrogens is 1. The fraction of sp³-hybridized carbons (Fsp3) is 0.263. The number of nitrogens with zero attached hydrogens (tertiary/aromatic N) is 5. The van der Waals surface area contributed by atoms with Crippen LogP contribution in [0.1, 0.15) is 18.9 Å². The van der Waals surface area contributed by atoms with Gasteiger partial charge in [-0.15, -0.1) is 10.2 Å². The number of benzene rings is 2. The van der Waals surface area contributed by atoms with Gasteiger partial charge in [0.25, 0.3) is 0 Å². The lowest BCUT2D eigenvalue weighted by Gasteiger charge is -2.22. The summed E-state index contributed by atoms with van der Waals surface area (Å²) in [7, 11) is 0. The third-order valence-electron chi connectivity index (χ3n) is 4.06. The van der Waals surface area contributed by atoms with Crippen LogP contribution in [0.3, 0.4) is 0 Å². The topological polar surface area (TPSA) is 64.6 Å². The maximum atomic E-state index is 8.79. The van der Waals surface area contributed by atoms with E-state index in [0.717, 1.165) is 33.7 Å². The zero-order valence-corrected chi connectivity index (χ0v) is 17.2. The van der Waals surface area contributed by atoms with E-state index >= 15 is 0 Å². The molecule has 3 aromatic rings. The molecule has 2 aromatic carbocycles. The second-order valence-electron chi connectivity index (χ2n) is 5.89. The molecular weight excluding hydrogens is 401 g/mol. The summed E-state index contributed by atoms with van der Waals surface area (Å²) >= 11 is 13.6. The van der Waals surface area contributed by atoms with Crippen molar-refractivity contribution in [3.63, 3.8) is 0 Å². The van der Waals surface area contributed by atoms with E-state index in [9.17, 15) is 0 Å². The molecule has 0 aliphatic rings. The van der Waals surface area contributed by atoms with Gasteiger partial charge in [-0.2, -0.15) is 5.26 Å². The molecule has 0 atom stereocenters. The van der Waals surface area contributed by atoms with Crippen molar-refractivity contribution in [3.05, 3.63) is 45.9 Å². The summed E-state index contributed by atoms with van der Waals surface area (Å²) in [6.07, 6.45) is 0.499. The van der Waals surface area contributed by atoms with Crippen molar-refractivity contribution < 1.29 is 0 Å². The second-order valence-corrected chi connectivity index (χ2v) is 7.71. The normalized spacial score (nSPS) is 11.2. The van der Waals surface area contributed by atoms with Crippen molar-refractivity contribution in [2.45, 2.75) is 20.3 Å². The van der Waals surface area contributed by atoms with Crippen molar-refractivity contribution in [2.24, 2.45) is 10.2 Å². The van der Waals surface area contributed by atoms with E-state index in [4.69, 9.17) is 28.5 Å². The Balaban J connectivity index is 1.83. The van der Waals surface area contributed by atoms with Gasteiger partial charge in [0.15, 0.2) is 0 Å². The average molecular weight is 418 g/mol. The van der Waals surface area contributed by atoms with Crippen LogP contribution in [0.5, 0.6) is 0 Å². The highest BCUT2D eigenvalue weighted by molar-refractivity contribution is 7.22. The Morgan fingerprint density at radius 1 is 1.22 bits per heavy atom. The molecule has 0 N–H and O–H groups in total. The molecule has 0 saturated carbocycles. The van der Waals surface area contributed by atoms with Crippen molar-refractivity contribution in [2.75, 3.05) is 18.0 Å². The first-order valence-electron chi connectivity index (χ1n) is 8.41. The van der Waals surface area contributed by atoms with Gasteiger partial charge in [0.2, 0.25) is 5.13 Å². The molecule has 0 radical (unpaired) electrons. The lowest BCUT2D eigenvalue weighted by atomic mass is 10.1. The Morgan fingerprint density at radius 2 is 2.04 bits per heavy atom. The summed E-state index contributed by atoms with van der Waals surface area (Å²) < 4.78 is 0.846. The van der Waals surface area contributed by atoms with Gasteiger partial charge in [-0.05, 0) is 49.7 Å². The van der Waals surface area contributed by atoms with E-state index in [2.05, 4.69) is 39.2 Å². The highest BCUT2D eigenvalue weighted by Crippen LogP contribution is 2.36. The first kappa shape index (κ1) is 19.6. The van der Waals surface area contributed by atoms with Crippen LogP contribution in [0.2, 0.25) is 10.0 Å². The molecule has 27 heavy (non-hydrogen) atoms. The average Bonchev–Trinajstić information content (AvgIpc) is 3.05. The van der Waals surface area contributed by atoms with Crippen molar-refractivity contribution in [1.82, 2.24) is 4.98 Å². The minimum absolute atomic E-state index is 0.499. The zero-order chi connectivity index (χ0) is 19.4. The number of thiazole rings is 1. The molecule has 3 rings (SSSR count). The maximum absolute atomic E-state index is 8.79. The van der Waals surface area contributed by atoms with Gasteiger partial charge < -0.3 is 4.90 Å². The molecule has 0 spiro atoms. The number of azo groups is 1. The number of aryl methyl sites for hydroxylation is 1. The molecule has 0 bridgehead atoms. The van der Waals surface area contributed by atoms with Crippen LogP contribution in [0.25, 0.3) is 10.2 Å². The van der Waals surface area contributed by atoms with Gasteiger partial charge >= 0.3 is 0 Å². The summed E-state index contributed by atoms with van der Waals surface area (Å²) in [5.74, 6) is 0. The highest BCUT2D eigenvalue weighted by atomic mass is 35.5. The Morgan fingerprint density at radius 3 is 2.74 bits per heavy atom. The van der Waals surface area contributed by atoms with Gasteiger partial charge in [-0.1, -0.05) is 34.5 Å². The van der Waals surface area contributed by atoms with Crippen molar-refractivity contribution >= 4 is 61.3 Å². The SMILES string of the molecule is CCN(CCC#N)c1ccc(N=Nc2nc3cc(Cl)cc(Cl)c3s2)c(C)c1. The third kappa shape index (κ3) is 4.56. The minimum atomic E-state index is 0.499. The molecule has 0 unspecified atom stereocenters. The van der Waals surface area contributed by atoms with E-state index in [1.54, 1.807) is 12.1 Å². The zero-order valence-electron chi connectivity index (χ0n) is 14.9. The van der Waals surface area contributed by atoms with Crippen LogP contribution in [-0.2, 0) is 0 Å². The van der Waals surface area contributed by atoms with Gasteiger partial charge in [-0.25, -0.2) is 4.98 Å². The Bertz CT molecular complexity index is 1040. The minimum Gasteiger partial charge on any atom is -0.371 e. The van der Waals surface area contributed by atoms with Crippen LogP contribution < -0.4 is 4.90 Å². The summed E-state index contributed by atoms with van der Waals surface area (Å²) in [5, 5.41) is 19.0. The number of anilines is 1. The van der Waals surface area contributed by atoms with Gasteiger partial charge in [0.1, 0.15) is 0 Å². The van der Waals surface area contributed by atoms with Crippen LogP contribution in [0.4, 0.5) is 16.5 Å². The summed E-state index contributed by atoms with van der Waals surface area (Å²) in [6, 6.07) is 11.6. The fourth-order valence-electron chi connectivity index (χ4n) is 2.69. The van der Waals surface area contributed by atoms with Gasteiger partial charge in [0, 0.05) is 23.8 Å². The number of nitriles is 1. The molecule has 5 nitrogen and oxygen atoms in total. The van der Waals surface area contributed by atoms with Crippen LogP contribution >= 0.6 is 34.5 Å². The summed E-state index contributed by atoms with van der Waals surface area (Å²) in [5.41, 5.74) is 3.58. The molecule has 0 fully saturated rings. The quantitative estimate of drug-likeness (QED) is 0.402. The van der Waals surface area contributed by atoms with E-state index in [1.165, 1.54) is 11.3 Å². The molecule has 0 aliphatic heterocycles. The molecule has 8 heteroatoms. The highest BCUT2D eigenvalue weighted by Gasteiger charge is 2.09. The van der Waals surface area contributed by atoms with E-state index < -0.39 is 0 Å². The Hall–Kier alpha value is -2.20. The Kier molecular flexibility index (Phi) is 6.27.